The summed E-state index contributed by atoms with van der Waals surface area (Å²) in [5, 5.41) is 7.71. The smallest absolute Gasteiger partial charge is 0.161 e. The summed E-state index contributed by atoms with van der Waals surface area (Å²) in [4.78, 5) is 0. The molecule has 104 valence electrons. The van der Waals surface area contributed by atoms with Crippen LogP contribution < -0.4 is 10.1 Å². The van der Waals surface area contributed by atoms with Crippen LogP contribution in [-0.2, 0) is 0 Å². The summed E-state index contributed by atoms with van der Waals surface area (Å²) in [6.07, 6.45) is 3.53. The monoisotopic (exact) mass is 263 g/mol. The number of aromatic nitrogens is 2. The topological polar surface area (TPSA) is 52.2 Å². The van der Waals surface area contributed by atoms with Crippen LogP contribution in [0.2, 0.25) is 0 Å². The van der Waals surface area contributed by atoms with Gasteiger partial charge in [0.25, 0.3) is 0 Å². The Bertz CT molecular complexity index is 543. The highest BCUT2D eigenvalue weighted by Gasteiger charge is 2.24. The molecule has 0 radical (unpaired) electrons. The van der Waals surface area contributed by atoms with E-state index < -0.39 is 0 Å². The van der Waals surface area contributed by atoms with Crippen molar-refractivity contribution in [3.63, 3.8) is 0 Å². The zero-order chi connectivity index (χ0) is 14.0. The second-order valence-corrected chi connectivity index (χ2v) is 4.85. The average molecular weight is 263 g/mol. The van der Waals surface area contributed by atoms with Gasteiger partial charge in [0.05, 0.1) is 25.6 Å². The standard InChI is InChI=1S/C14H21N3O2/c1-9(2)17-14(12(18-5)7-16-17)13(15-4)11-6-10(3)19-8-11/h6-9,13,15H,1-5H3. The number of nitrogens with one attached hydrogen (secondary N) is 1. The maximum absolute atomic E-state index is 5.43. The van der Waals surface area contributed by atoms with E-state index in [1.54, 1.807) is 19.6 Å². The van der Waals surface area contributed by atoms with Crippen molar-refractivity contribution in [1.29, 1.82) is 0 Å². The van der Waals surface area contributed by atoms with E-state index in [-0.39, 0.29) is 12.1 Å². The molecule has 0 aliphatic rings. The third-order valence-electron chi connectivity index (χ3n) is 3.15. The minimum absolute atomic E-state index is 0.00250. The quantitative estimate of drug-likeness (QED) is 0.901. The largest absolute Gasteiger partial charge is 0.493 e. The van der Waals surface area contributed by atoms with Gasteiger partial charge in [0, 0.05) is 11.6 Å². The summed E-state index contributed by atoms with van der Waals surface area (Å²) in [5.41, 5.74) is 2.08. The van der Waals surface area contributed by atoms with E-state index >= 15 is 0 Å². The number of nitrogens with zero attached hydrogens (tertiary/aromatic N) is 2. The second-order valence-electron chi connectivity index (χ2n) is 4.85. The van der Waals surface area contributed by atoms with Crippen molar-refractivity contribution in [2.75, 3.05) is 14.2 Å². The van der Waals surface area contributed by atoms with Crippen LogP contribution >= 0.6 is 0 Å². The van der Waals surface area contributed by atoms with Crippen LogP contribution in [0, 0.1) is 6.92 Å². The van der Waals surface area contributed by atoms with Crippen LogP contribution in [0.1, 0.15) is 42.9 Å². The molecule has 0 amide bonds. The summed E-state index contributed by atoms with van der Waals surface area (Å²) in [7, 11) is 3.59. The predicted molar refractivity (Wildman–Crippen MR) is 73.5 cm³/mol. The molecule has 0 aromatic carbocycles. The molecule has 19 heavy (non-hydrogen) atoms. The third kappa shape index (κ3) is 2.51. The van der Waals surface area contributed by atoms with Gasteiger partial charge in [0.15, 0.2) is 5.75 Å². The molecule has 0 aliphatic carbocycles. The van der Waals surface area contributed by atoms with Gasteiger partial charge < -0.3 is 14.5 Å². The first-order chi connectivity index (χ1) is 9.08. The Labute approximate surface area is 113 Å². The summed E-state index contributed by atoms with van der Waals surface area (Å²) in [6.45, 7) is 6.14. The SMILES string of the molecule is CNC(c1coc(C)c1)c1c(OC)cnn1C(C)C. The molecular weight excluding hydrogens is 242 g/mol. The van der Waals surface area contributed by atoms with Crippen molar-refractivity contribution < 1.29 is 9.15 Å². The first kappa shape index (κ1) is 13.7. The van der Waals surface area contributed by atoms with Gasteiger partial charge in [-0.15, -0.1) is 0 Å². The fourth-order valence-electron chi connectivity index (χ4n) is 2.28. The molecule has 5 heteroatoms. The van der Waals surface area contributed by atoms with Crippen LogP contribution in [0.25, 0.3) is 0 Å². The minimum atomic E-state index is -0.00250. The summed E-state index contributed by atoms with van der Waals surface area (Å²) >= 11 is 0. The minimum Gasteiger partial charge on any atom is -0.493 e. The molecule has 2 rings (SSSR count). The van der Waals surface area contributed by atoms with E-state index in [0.717, 1.165) is 22.8 Å². The number of rotatable bonds is 5. The van der Waals surface area contributed by atoms with Crippen LogP contribution in [0.3, 0.4) is 0 Å². The van der Waals surface area contributed by atoms with Crippen LogP contribution in [-0.4, -0.2) is 23.9 Å². The van der Waals surface area contributed by atoms with E-state index in [1.807, 2.05) is 24.7 Å². The maximum atomic E-state index is 5.43. The van der Waals surface area contributed by atoms with Gasteiger partial charge in [-0.25, -0.2) is 0 Å². The molecule has 5 nitrogen and oxygen atoms in total. The Balaban J connectivity index is 2.50. The third-order valence-corrected chi connectivity index (χ3v) is 3.15. The molecule has 2 aromatic heterocycles. The van der Waals surface area contributed by atoms with Crippen molar-refractivity contribution in [3.05, 3.63) is 35.5 Å². The lowest BCUT2D eigenvalue weighted by molar-refractivity contribution is 0.396. The highest BCUT2D eigenvalue weighted by Crippen LogP contribution is 2.32. The normalized spacial score (nSPS) is 12.9. The lowest BCUT2D eigenvalue weighted by Gasteiger charge is -2.20. The van der Waals surface area contributed by atoms with E-state index in [9.17, 15) is 0 Å². The van der Waals surface area contributed by atoms with E-state index in [2.05, 4.69) is 24.3 Å². The van der Waals surface area contributed by atoms with Crippen molar-refractivity contribution in [2.45, 2.75) is 32.9 Å². The summed E-state index contributed by atoms with van der Waals surface area (Å²) < 4.78 is 12.8. The zero-order valence-corrected chi connectivity index (χ0v) is 12.1. The number of methoxy groups -OCH3 is 1. The Hall–Kier alpha value is -1.75. The Morgan fingerprint density at radius 1 is 1.42 bits per heavy atom. The van der Waals surface area contributed by atoms with Crippen molar-refractivity contribution in [1.82, 2.24) is 15.1 Å². The molecule has 2 aromatic rings. The Kier molecular flexibility index (Phi) is 3.95. The van der Waals surface area contributed by atoms with Crippen molar-refractivity contribution in [2.24, 2.45) is 0 Å². The fourth-order valence-corrected chi connectivity index (χ4v) is 2.28. The van der Waals surface area contributed by atoms with Gasteiger partial charge in [-0.2, -0.15) is 5.10 Å². The summed E-state index contributed by atoms with van der Waals surface area (Å²) in [5.74, 6) is 1.68. The Morgan fingerprint density at radius 2 is 2.16 bits per heavy atom. The van der Waals surface area contributed by atoms with Crippen LogP contribution in [0.5, 0.6) is 5.75 Å². The molecule has 1 atom stereocenters. The highest BCUT2D eigenvalue weighted by atomic mass is 16.5. The first-order valence-corrected chi connectivity index (χ1v) is 6.42. The van der Waals surface area contributed by atoms with Crippen molar-refractivity contribution in [3.8, 4) is 5.75 Å². The predicted octanol–water partition coefficient (Wildman–Crippen LogP) is 2.68. The number of furan rings is 1. The number of ether oxygens (including phenoxy) is 1. The van der Waals surface area contributed by atoms with Gasteiger partial charge in [-0.05, 0) is 33.9 Å². The number of hydrogen-bond donors (Lipinski definition) is 1. The van der Waals surface area contributed by atoms with Gasteiger partial charge in [0.1, 0.15) is 11.5 Å². The molecule has 0 saturated heterocycles. The van der Waals surface area contributed by atoms with Gasteiger partial charge >= 0.3 is 0 Å². The van der Waals surface area contributed by atoms with Crippen LogP contribution in [0.15, 0.2) is 22.9 Å². The van der Waals surface area contributed by atoms with E-state index in [0.29, 0.717) is 0 Å². The molecule has 0 spiro atoms. The van der Waals surface area contributed by atoms with Gasteiger partial charge in [0.2, 0.25) is 0 Å². The molecule has 0 aliphatic heterocycles. The molecule has 0 saturated carbocycles. The highest BCUT2D eigenvalue weighted by molar-refractivity contribution is 5.36. The number of aryl methyl sites for hydroxylation is 1. The molecule has 1 N–H and O–H groups in total. The molecule has 1 unspecified atom stereocenters. The average Bonchev–Trinajstić information content (AvgIpc) is 2.97. The lowest BCUT2D eigenvalue weighted by Crippen LogP contribution is -2.22. The fraction of sp³-hybridized carbons (Fsp3) is 0.500. The molecule has 0 fully saturated rings. The van der Waals surface area contributed by atoms with Crippen molar-refractivity contribution >= 4 is 0 Å². The van der Waals surface area contributed by atoms with E-state index in [4.69, 9.17) is 9.15 Å². The Morgan fingerprint density at radius 3 is 2.63 bits per heavy atom. The van der Waals surface area contributed by atoms with Crippen LogP contribution in [0.4, 0.5) is 0 Å². The zero-order valence-electron chi connectivity index (χ0n) is 12.1. The lowest BCUT2D eigenvalue weighted by atomic mass is 10.1. The summed E-state index contributed by atoms with van der Waals surface area (Å²) in [6, 6.07) is 2.29. The molecule has 2 heterocycles. The van der Waals surface area contributed by atoms with Gasteiger partial charge in [-0.1, -0.05) is 0 Å². The maximum Gasteiger partial charge on any atom is 0.161 e. The second kappa shape index (κ2) is 5.48. The molecule has 0 bridgehead atoms. The molecular formula is C14H21N3O2. The first-order valence-electron chi connectivity index (χ1n) is 6.42. The van der Waals surface area contributed by atoms with Gasteiger partial charge in [-0.3, -0.25) is 4.68 Å². The van der Waals surface area contributed by atoms with E-state index in [1.165, 1.54) is 0 Å². The number of hydrogen-bond acceptors (Lipinski definition) is 4.